The van der Waals surface area contributed by atoms with E-state index in [0.29, 0.717) is 74.6 Å². The molecule has 1 aliphatic heterocycles. The van der Waals surface area contributed by atoms with E-state index in [9.17, 15) is 9.59 Å². The Hall–Kier alpha value is -3.23. The monoisotopic (exact) mass is 431 g/mol. The zero-order chi connectivity index (χ0) is 22.4. The molecule has 0 saturated carbocycles. The number of rotatable bonds is 8. The fourth-order valence-corrected chi connectivity index (χ4v) is 3.44. The molecule has 0 bridgehead atoms. The number of carbonyl (C=O) groups is 2. The van der Waals surface area contributed by atoms with Crippen molar-refractivity contribution in [2.75, 3.05) is 46.0 Å². The largest absolute Gasteiger partial charge is 0.490 e. The molecule has 0 N–H and O–H groups in total. The molecule has 1 aromatic carbocycles. The number of hydrogen-bond donors (Lipinski definition) is 0. The van der Waals surface area contributed by atoms with E-state index in [1.807, 2.05) is 20.8 Å². The Morgan fingerprint density at radius 1 is 0.871 bits per heavy atom. The van der Waals surface area contributed by atoms with Gasteiger partial charge in [0.25, 0.3) is 11.8 Å². The molecule has 2 aromatic rings. The van der Waals surface area contributed by atoms with Crippen LogP contribution in [0.5, 0.6) is 17.2 Å². The van der Waals surface area contributed by atoms with Gasteiger partial charge in [-0.25, -0.2) is 0 Å². The summed E-state index contributed by atoms with van der Waals surface area (Å²) in [4.78, 5) is 29.1. The van der Waals surface area contributed by atoms with Crippen molar-refractivity contribution in [2.45, 2.75) is 27.7 Å². The highest BCUT2D eigenvalue weighted by Gasteiger charge is 2.28. The van der Waals surface area contributed by atoms with E-state index in [1.54, 1.807) is 34.9 Å². The predicted octanol–water partition coefficient (Wildman–Crippen LogP) is 2.78. The molecule has 168 valence electrons. The molecule has 0 aliphatic carbocycles. The lowest BCUT2D eigenvalue weighted by molar-refractivity contribution is 0.0529. The summed E-state index contributed by atoms with van der Waals surface area (Å²) in [5.74, 6) is 1.71. The third-order valence-corrected chi connectivity index (χ3v) is 4.86. The standard InChI is InChI=1S/C22H29N3O6/c1-5-28-18-13-16(14-19(29-6-2)20(18)30-7-3)21(26)24-8-10-25(11-9-24)22(27)17-12-15(4)31-23-17/h12-14H,5-11H2,1-4H3. The van der Waals surface area contributed by atoms with Crippen LogP contribution >= 0.6 is 0 Å². The van der Waals surface area contributed by atoms with Crippen LogP contribution in [0, 0.1) is 6.92 Å². The van der Waals surface area contributed by atoms with Gasteiger partial charge in [-0.05, 0) is 39.8 Å². The van der Waals surface area contributed by atoms with Gasteiger partial charge in [0.1, 0.15) is 5.76 Å². The number of benzene rings is 1. The van der Waals surface area contributed by atoms with Gasteiger partial charge in [0.05, 0.1) is 19.8 Å². The summed E-state index contributed by atoms with van der Waals surface area (Å²) in [6, 6.07) is 4.99. The topological polar surface area (TPSA) is 94.3 Å². The van der Waals surface area contributed by atoms with Crippen LogP contribution < -0.4 is 14.2 Å². The Kier molecular flexibility index (Phi) is 7.38. The van der Waals surface area contributed by atoms with Crippen LogP contribution in [-0.4, -0.2) is 72.8 Å². The van der Waals surface area contributed by atoms with E-state index in [1.165, 1.54) is 0 Å². The Bertz CT molecular complexity index is 891. The van der Waals surface area contributed by atoms with Crippen LogP contribution in [0.2, 0.25) is 0 Å². The van der Waals surface area contributed by atoms with Crippen molar-refractivity contribution in [3.63, 3.8) is 0 Å². The van der Waals surface area contributed by atoms with Crippen molar-refractivity contribution >= 4 is 11.8 Å². The number of aromatic nitrogens is 1. The minimum absolute atomic E-state index is 0.144. The lowest BCUT2D eigenvalue weighted by Gasteiger charge is -2.34. The van der Waals surface area contributed by atoms with Gasteiger partial charge in [-0.15, -0.1) is 0 Å². The number of piperazine rings is 1. The van der Waals surface area contributed by atoms with Crippen molar-refractivity contribution in [1.82, 2.24) is 15.0 Å². The summed E-state index contributed by atoms with van der Waals surface area (Å²) in [5.41, 5.74) is 0.744. The van der Waals surface area contributed by atoms with Crippen molar-refractivity contribution in [3.05, 3.63) is 35.2 Å². The van der Waals surface area contributed by atoms with E-state index in [4.69, 9.17) is 18.7 Å². The molecular weight excluding hydrogens is 402 g/mol. The van der Waals surface area contributed by atoms with Gasteiger partial charge in [0.2, 0.25) is 5.75 Å². The number of amides is 2. The normalized spacial score (nSPS) is 13.8. The molecule has 9 nitrogen and oxygen atoms in total. The Labute approximate surface area is 181 Å². The molecule has 2 heterocycles. The van der Waals surface area contributed by atoms with Crippen molar-refractivity contribution < 1.29 is 28.3 Å². The van der Waals surface area contributed by atoms with Crippen molar-refractivity contribution in [2.24, 2.45) is 0 Å². The molecule has 31 heavy (non-hydrogen) atoms. The molecule has 0 unspecified atom stereocenters. The fourth-order valence-electron chi connectivity index (χ4n) is 3.44. The van der Waals surface area contributed by atoms with Gasteiger partial charge in [0.15, 0.2) is 17.2 Å². The number of hydrogen-bond acceptors (Lipinski definition) is 7. The fraction of sp³-hybridized carbons (Fsp3) is 0.500. The van der Waals surface area contributed by atoms with Gasteiger partial charge < -0.3 is 28.5 Å². The average molecular weight is 431 g/mol. The van der Waals surface area contributed by atoms with E-state index in [-0.39, 0.29) is 17.5 Å². The first-order chi connectivity index (χ1) is 15.0. The predicted molar refractivity (Wildman–Crippen MR) is 113 cm³/mol. The zero-order valence-corrected chi connectivity index (χ0v) is 18.5. The number of ether oxygens (including phenoxy) is 3. The smallest absolute Gasteiger partial charge is 0.276 e. The van der Waals surface area contributed by atoms with Crippen LogP contribution in [0.1, 0.15) is 47.4 Å². The van der Waals surface area contributed by atoms with Gasteiger partial charge in [0, 0.05) is 37.8 Å². The number of nitrogens with zero attached hydrogens (tertiary/aromatic N) is 3. The van der Waals surface area contributed by atoms with Crippen LogP contribution in [-0.2, 0) is 0 Å². The minimum atomic E-state index is -0.192. The second kappa shape index (κ2) is 10.2. The summed E-state index contributed by atoms with van der Waals surface area (Å²) in [7, 11) is 0. The van der Waals surface area contributed by atoms with Crippen LogP contribution in [0.25, 0.3) is 0 Å². The summed E-state index contributed by atoms with van der Waals surface area (Å²) >= 11 is 0. The summed E-state index contributed by atoms with van der Waals surface area (Å²) < 4.78 is 22.1. The van der Waals surface area contributed by atoms with E-state index in [0.717, 1.165) is 0 Å². The molecule has 1 fully saturated rings. The molecule has 9 heteroatoms. The molecule has 0 spiro atoms. The van der Waals surface area contributed by atoms with Gasteiger partial charge in [-0.2, -0.15) is 0 Å². The second-order valence-corrected chi connectivity index (χ2v) is 7.01. The molecule has 0 atom stereocenters. The van der Waals surface area contributed by atoms with Crippen LogP contribution in [0.15, 0.2) is 22.7 Å². The van der Waals surface area contributed by atoms with E-state index < -0.39 is 0 Å². The molecule has 3 rings (SSSR count). The maximum absolute atomic E-state index is 13.2. The molecular formula is C22H29N3O6. The Balaban J connectivity index is 1.74. The highest BCUT2D eigenvalue weighted by molar-refractivity contribution is 5.96. The Morgan fingerprint density at radius 2 is 1.39 bits per heavy atom. The highest BCUT2D eigenvalue weighted by atomic mass is 16.5. The first-order valence-corrected chi connectivity index (χ1v) is 10.6. The van der Waals surface area contributed by atoms with Crippen LogP contribution in [0.4, 0.5) is 0 Å². The van der Waals surface area contributed by atoms with E-state index >= 15 is 0 Å². The quantitative estimate of drug-likeness (QED) is 0.634. The van der Waals surface area contributed by atoms with Gasteiger partial charge >= 0.3 is 0 Å². The third kappa shape index (κ3) is 5.10. The van der Waals surface area contributed by atoms with Crippen molar-refractivity contribution in [3.8, 4) is 17.2 Å². The maximum atomic E-state index is 13.2. The maximum Gasteiger partial charge on any atom is 0.276 e. The molecule has 1 aromatic heterocycles. The minimum Gasteiger partial charge on any atom is -0.490 e. The van der Waals surface area contributed by atoms with Crippen LogP contribution in [0.3, 0.4) is 0 Å². The molecule has 1 saturated heterocycles. The lowest BCUT2D eigenvalue weighted by Crippen LogP contribution is -2.50. The van der Waals surface area contributed by atoms with Gasteiger partial charge in [-0.3, -0.25) is 9.59 Å². The third-order valence-electron chi connectivity index (χ3n) is 4.86. The number of carbonyl (C=O) groups excluding carboxylic acids is 2. The molecule has 1 aliphatic rings. The van der Waals surface area contributed by atoms with Gasteiger partial charge in [-0.1, -0.05) is 5.16 Å². The highest BCUT2D eigenvalue weighted by Crippen LogP contribution is 2.39. The average Bonchev–Trinajstić information content (AvgIpc) is 3.21. The van der Waals surface area contributed by atoms with E-state index in [2.05, 4.69) is 5.16 Å². The summed E-state index contributed by atoms with van der Waals surface area (Å²) in [6.45, 7) is 10.4. The number of aryl methyl sites for hydroxylation is 1. The first-order valence-electron chi connectivity index (χ1n) is 10.6. The zero-order valence-electron chi connectivity index (χ0n) is 18.5. The van der Waals surface area contributed by atoms with Crippen molar-refractivity contribution in [1.29, 1.82) is 0 Å². The Morgan fingerprint density at radius 3 is 1.84 bits per heavy atom. The molecule has 0 radical (unpaired) electrons. The SMILES string of the molecule is CCOc1cc(C(=O)N2CCN(C(=O)c3cc(C)on3)CC2)cc(OCC)c1OCC. The molecule has 2 amide bonds. The summed E-state index contributed by atoms with van der Waals surface area (Å²) in [5, 5.41) is 3.78. The lowest BCUT2D eigenvalue weighted by atomic mass is 10.1. The summed E-state index contributed by atoms with van der Waals surface area (Å²) in [6.07, 6.45) is 0. The second-order valence-electron chi connectivity index (χ2n) is 7.01. The first kappa shape index (κ1) is 22.5.